The second-order valence-corrected chi connectivity index (χ2v) is 3.56. The van der Waals surface area contributed by atoms with E-state index in [1.54, 1.807) is 0 Å². The number of azide groups is 1. The van der Waals surface area contributed by atoms with Crippen LogP contribution in [0.3, 0.4) is 0 Å². The fraction of sp³-hybridized carbons (Fsp3) is 0.625. The Bertz CT molecular complexity index is 364. The van der Waals surface area contributed by atoms with Crippen LogP contribution in [-0.4, -0.2) is 9.78 Å². The van der Waals surface area contributed by atoms with Crippen molar-refractivity contribution in [2.75, 3.05) is 0 Å². The summed E-state index contributed by atoms with van der Waals surface area (Å²) in [6.45, 7) is 5.19. The first kappa shape index (κ1) is 11.1. The molecule has 0 radical (unpaired) electrons. The Hall–Kier alpha value is -1.00. The van der Waals surface area contributed by atoms with Gasteiger partial charge in [0.05, 0.1) is 22.4 Å². The summed E-state index contributed by atoms with van der Waals surface area (Å²) in [5.41, 5.74) is 10.2. The van der Waals surface area contributed by atoms with Crippen molar-refractivity contribution in [1.29, 1.82) is 0 Å². The molecule has 1 aromatic rings. The number of hydrogen-bond acceptors (Lipinski definition) is 2. The van der Waals surface area contributed by atoms with Gasteiger partial charge in [0.2, 0.25) is 0 Å². The molecule has 0 aliphatic rings. The van der Waals surface area contributed by atoms with Gasteiger partial charge in [-0.05, 0) is 34.8 Å². The lowest BCUT2D eigenvalue weighted by atomic mass is 10.3. The molecule has 0 aromatic carbocycles. The van der Waals surface area contributed by atoms with E-state index in [0.29, 0.717) is 6.54 Å². The van der Waals surface area contributed by atoms with Crippen LogP contribution in [0.2, 0.25) is 0 Å². The van der Waals surface area contributed by atoms with E-state index in [4.69, 9.17) is 5.53 Å². The molecule has 0 atom stereocenters. The third kappa shape index (κ3) is 2.08. The summed E-state index contributed by atoms with van der Waals surface area (Å²) in [5.74, 6) is 0. The average molecular weight is 258 g/mol. The molecule has 0 amide bonds. The monoisotopic (exact) mass is 257 g/mol. The molecule has 1 aromatic heterocycles. The van der Waals surface area contributed by atoms with Crippen molar-refractivity contribution >= 4 is 15.9 Å². The van der Waals surface area contributed by atoms with Crippen LogP contribution in [0, 0.1) is 0 Å². The minimum Gasteiger partial charge on any atom is -0.268 e. The molecule has 0 aliphatic heterocycles. The van der Waals surface area contributed by atoms with E-state index in [2.05, 4.69) is 31.1 Å². The lowest BCUT2D eigenvalue weighted by Gasteiger charge is -2.00. The fourth-order valence-corrected chi connectivity index (χ4v) is 1.96. The molecule has 0 bridgehead atoms. The maximum Gasteiger partial charge on any atom is 0.0766 e. The Labute approximate surface area is 90.9 Å². The lowest BCUT2D eigenvalue weighted by Crippen LogP contribution is -2.01. The first-order valence-corrected chi connectivity index (χ1v) is 5.28. The highest BCUT2D eigenvalue weighted by Crippen LogP contribution is 2.22. The van der Waals surface area contributed by atoms with Gasteiger partial charge in [-0.2, -0.15) is 5.10 Å². The third-order valence-electron chi connectivity index (χ3n) is 1.98. The Balaban J connectivity index is 3.10. The van der Waals surface area contributed by atoms with Gasteiger partial charge in [-0.15, -0.1) is 0 Å². The van der Waals surface area contributed by atoms with Crippen molar-refractivity contribution in [3.63, 3.8) is 0 Å². The van der Waals surface area contributed by atoms with E-state index >= 15 is 0 Å². The molecule has 0 saturated heterocycles. The van der Waals surface area contributed by atoms with Crippen LogP contribution in [0.5, 0.6) is 0 Å². The summed E-state index contributed by atoms with van der Waals surface area (Å²) in [7, 11) is 0. The second-order valence-electron chi connectivity index (χ2n) is 2.77. The zero-order chi connectivity index (χ0) is 10.6. The number of aryl methyl sites for hydroxylation is 2. The Kier molecular flexibility index (Phi) is 3.98. The minimum absolute atomic E-state index is 0.345. The van der Waals surface area contributed by atoms with Crippen LogP contribution in [-0.2, 0) is 19.5 Å². The molecule has 0 unspecified atom stereocenters. The quantitative estimate of drug-likeness (QED) is 0.465. The predicted molar refractivity (Wildman–Crippen MR) is 57.8 cm³/mol. The van der Waals surface area contributed by atoms with E-state index in [1.165, 1.54) is 0 Å². The van der Waals surface area contributed by atoms with Crippen molar-refractivity contribution in [3.05, 3.63) is 26.3 Å². The standard InChI is InChI=1S/C8H12BrN5/c1-3-6-8(9)7(5-11-13-10)14(4-2)12-6/h3-5H2,1-2H3. The zero-order valence-corrected chi connectivity index (χ0v) is 9.82. The van der Waals surface area contributed by atoms with Crippen molar-refractivity contribution in [3.8, 4) is 0 Å². The van der Waals surface area contributed by atoms with Crippen molar-refractivity contribution in [2.24, 2.45) is 5.11 Å². The molecule has 76 valence electrons. The highest BCUT2D eigenvalue weighted by atomic mass is 79.9. The first-order chi connectivity index (χ1) is 6.74. The Morgan fingerprint density at radius 2 is 2.29 bits per heavy atom. The molecular weight excluding hydrogens is 246 g/mol. The van der Waals surface area contributed by atoms with E-state index in [0.717, 1.165) is 28.8 Å². The van der Waals surface area contributed by atoms with Crippen LogP contribution in [0.1, 0.15) is 25.2 Å². The zero-order valence-electron chi connectivity index (χ0n) is 8.24. The highest BCUT2D eigenvalue weighted by molar-refractivity contribution is 9.10. The van der Waals surface area contributed by atoms with Crippen LogP contribution < -0.4 is 0 Å². The minimum atomic E-state index is 0.345. The molecular formula is C8H12BrN5. The average Bonchev–Trinajstić information content (AvgIpc) is 2.52. The van der Waals surface area contributed by atoms with E-state index < -0.39 is 0 Å². The van der Waals surface area contributed by atoms with Crippen molar-refractivity contribution in [2.45, 2.75) is 33.4 Å². The highest BCUT2D eigenvalue weighted by Gasteiger charge is 2.12. The second kappa shape index (κ2) is 5.02. The Morgan fingerprint density at radius 3 is 2.79 bits per heavy atom. The van der Waals surface area contributed by atoms with E-state index in [9.17, 15) is 0 Å². The molecule has 0 spiro atoms. The predicted octanol–water partition coefficient (Wildman–Crippen LogP) is 3.04. The van der Waals surface area contributed by atoms with Gasteiger partial charge in [-0.3, -0.25) is 4.68 Å². The molecule has 14 heavy (non-hydrogen) atoms. The SMILES string of the molecule is CCc1nn(CC)c(CN=[N+]=[N-])c1Br. The fourth-order valence-electron chi connectivity index (χ4n) is 1.27. The largest absolute Gasteiger partial charge is 0.268 e. The smallest absolute Gasteiger partial charge is 0.0766 e. The van der Waals surface area contributed by atoms with Crippen LogP contribution in [0.25, 0.3) is 10.4 Å². The van der Waals surface area contributed by atoms with Gasteiger partial charge in [0.15, 0.2) is 0 Å². The normalized spacial score (nSPS) is 9.93. The van der Waals surface area contributed by atoms with Gasteiger partial charge in [0, 0.05) is 11.5 Å². The summed E-state index contributed by atoms with van der Waals surface area (Å²) < 4.78 is 2.83. The molecule has 1 rings (SSSR count). The van der Waals surface area contributed by atoms with Gasteiger partial charge in [-0.1, -0.05) is 12.0 Å². The molecule has 0 aliphatic carbocycles. The topological polar surface area (TPSA) is 66.6 Å². The van der Waals surface area contributed by atoms with Crippen molar-refractivity contribution < 1.29 is 0 Å². The lowest BCUT2D eigenvalue weighted by molar-refractivity contribution is 0.614. The molecule has 1 heterocycles. The van der Waals surface area contributed by atoms with Crippen molar-refractivity contribution in [1.82, 2.24) is 9.78 Å². The summed E-state index contributed by atoms with van der Waals surface area (Å²) in [6.07, 6.45) is 0.872. The van der Waals surface area contributed by atoms with Crippen LogP contribution >= 0.6 is 15.9 Å². The van der Waals surface area contributed by atoms with E-state index in [-0.39, 0.29) is 0 Å². The van der Waals surface area contributed by atoms with Gasteiger partial charge in [0.1, 0.15) is 0 Å². The maximum absolute atomic E-state index is 8.26. The van der Waals surface area contributed by atoms with Crippen LogP contribution in [0.15, 0.2) is 9.59 Å². The van der Waals surface area contributed by atoms with Gasteiger partial charge in [-0.25, -0.2) is 0 Å². The molecule has 0 saturated carbocycles. The Morgan fingerprint density at radius 1 is 1.57 bits per heavy atom. The molecule has 5 nitrogen and oxygen atoms in total. The van der Waals surface area contributed by atoms with Crippen LogP contribution in [0.4, 0.5) is 0 Å². The number of nitrogens with zero attached hydrogens (tertiary/aromatic N) is 5. The van der Waals surface area contributed by atoms with E-state index in [1.807, 2.05) is 18.5 Å². The molecule has 0 fully saturated rings. The summed E-state index contributed by atoms with van der Waals surface area (Å²) >= 11 is 3.47. The first-order valence-electron chi connectivity index (χ1n) is 4.49. The summed E-state index contributed by atoms with van der Waals surface area (Å²) in [6, 6.07) is 0. The number of aromatic nitrogens is 2. The molecule has 0 N–H and O–H groups in total. The summed E-state index contributed by atoms with van der Waals surface area (Å²) in [5, 5.41) is 7.93. The number of hydrogen-bond donors (Lipinski definition) is 0. The maximum atomic E-state index is 8.26. The number of rotatable bonds is 4. The number of halogens is 1. The van der Waals surface area contributed by atoms with Gasteiger partial charge < -0.3 is 0 Å². The van der Waals surface area contributed by atoms with Gasteiger partial charge in [0.25, 0.3) is 0 Å². The molecule has 6 heteroatoms. The third-order valence-corrected chi connectivity index (χ3v) is 2.89. The summed E-state index contributed by atoms with van der Waals surface area (Å²) in [4.78, 5) is 2.75. The van der Waals surface area contributed by atoms with Gasteiger partial charge >= 0.3 is 0 Å².